The van der Waals surface area contributed by atoms with Gasteiger partial charge < -0.3 is 28.8 Å². The lowest BCUT2D eigenvalue weighted by molar-refractivity contribution is -0.193. The zero-order valence-electron chi connectivity index (χ0n) is 51.1. The van der Waals surface area contributed by atoms with E-state index >= 15 is 0 Å². The van der Waals surface area contributed by atoms with E-state index in [-0.39, 0.29) is 11.1 Å². The van der Waals surface area contributed by atoms with Gasteiger partial charge in [-0.1, -0.05) is 36.4 Å². The maximum Gasteiger partial charge on any atom is 0.416 e. The molecule has 0 bridgehead atoms. The van der Waals surface area contributed by atoms with Gasteiger partial charge in [0.1, 0.15) is 11.6 Å². The van der Waals surface area contributed by atoms with Crippen molar-refractivity contribution in [3.05, 3.63) is 178 Å². The fourth-order valence-electron chi connectivity index (χ4n) is 9.96. The van der Waals surface area contributed by atoms with Crippen LogP contribution in [0.15, 0.2) is 97.8 Å². The van der Waals surface area contributed by atoms with Crippen LogP contribution in [0.25, 0.3) is 35.7 Å². The molecule has 0 radical (unpaired) electrons. The normalized spacial score (nSPS) is 15.8. The average Bonchev–Trinajstić information content (AvgIpc) is 1.68. The Hall–Kier alpha value is -9.62. The van der Waals surface area contributed by atoms with Crippen LogP contribution in [0, 0.1) is 38.5 Å². The number of carboxylic acids is 2. The van der Waals surface area contributed by atoms with Crippen molar-refractivity contribution in [2.75, 3.05) is 0 Å². The van der Waals surface area contributed by atoms with Crippen LogP contribution >= 0.6 is 0 Å². The minimum absolute atomic E-state index is 0.251. The van der Waals surface area contributed by atoms with Gasteiger partial charge in [0.25, 0.3) is 0 Å². The van der Waals surface area contributed by atoms with Crippen LogP contribution in [0.5, 0.6) is 0 Å². The van der Waals surface area contributed by atoms with Crippen molar-refractivity contribution in [1.29, 1.82) is 0 Å². The average molecular weight is 1250 g/mol. The first-order chi connectivity index (χ1) is 42.3. The van der Waals surface area contributed by atoms with E-state index in [1.807, 2.05) is 85.6 Å². The molecule has 0 fully saturated rings. The molecule has 20 nitrogen and oxygen atoms in total. The summed E-state index contributed by atoms with van der Waals surface area (Å²) in [6, 6.07) is 19.2. The summed E-state index contributed by atoms with van der Waals surface area (Å²) in [5, 5.41) is 27.2. The number of benzene rings is 2. The molecule has 90 heavy (non-hydrogen) atoms. The first-order valence-electron chi connectivity index (χ1n) is 28.7. The number of aromatic nitrogens is 12. The van der Waals surface area contributed by atoms with E-state index in [1.54, 1.807) is 58.4 Å². The molecule has 6 aromatic heterocycles. The van der Waals surface area contributed by atoms with Gasteiger partial charge in [-0.25, -0.2) is 38.9 Å². The first-order valence-corrected chi connectivity index (χ1v) is 28.7. The van der Waals surface area contributed by atoms with E-state index in [4.69, 9.17) is 19.7 Å². The molecule has 8 aromatic rings. The summed E-state index contributed by atoms with van der Waals surface area (Å²) in [6.07, 6.45) is 4.12. The number of pyridine rings is 2. The van der Waals surface area contributed by atoms with Gasteiger partial charge in [0, 0.05) is 37.3 Å². The van der Waals surface area contributed by atoms with Gasteiger partial charge in [-0.3, -0.25) is 19.6 Å². The molecule has 2 aliphatic heterocycles. The molecule has 0 spiro atoms. The number of ether oxygens (including phenoxy) is 2. The largest absolute Gasteiger partial charge is 0.478 e. The highest BCUT2D eigenvalue weighted by atomic mass is 19.4. The Morgan fingerprint density at radius 2 is 0.900 bits per heavy atom. The SMILES string of the molecule is CC(C)(C)C(=O)O[C@H](C(=O)O)[C@H](OC(=O)C(C)(C)C)C(=O)O.Cc1cn(-c2ccc(/C=C/c3nc4n(n3)CCCC4c3ccccc3C(F)(F)F)nc2C)cn1.Cc1cn(-c2ccc(/C=C/c3nc4n(n3)CCC[C@H]4c3ccccc3C(F)(F)F)nc2C)cn1. The van der Waals surface area contributed by atoms with Gasteiger partial charge in [0.05, 0.1) is 80.1 Å². The Balaban J connectivity index is 0.000000180. The number of aliphatic carboxylic acids is 2. The fraction of sp³-hybridized carbons (Fsp3) is 0.375. The number of carbonyl (C=O) groups is 4. The molecule has 0 amide bonds. The molecule has 474 valence electrons. The van der Waals surface area contributed by atoms with Crippen LogP contribution in [0.1, 0.15) is 159 Å². The number of hydrogen-bond acceptors (Lipinski definition) is 14. The monoisotopic (exact) mass is 1250 g/mol. The number of halogens is 6. The van der Waals surface area contributed by atoms with Crippen molar-refractivity contribution in [2.45, 2.75) is 144 Å². The van der Waals surface area contributed by atoms with Gasteiger partial charge >= 0.3 is 36.2 Å². The predicted octanol–water partition coefficient (Wildman–Crippen LogP) is 12.3. The van der Waals surface area contributed by atoms with E-state index < -0.39 is 82.2 Å². The molecule has 2 N–H and O–H groups in total. The summed E-state index contributed by atoms with van der Waals surface area (Å²) in [7, 11) is 0. The smallest absolute Gasteiger partial charge is 0.416 e. The van der Waals surface area contributed by atoms with Crippen LogP contribution in [-0.4, -0.2) is 105 Å². The van der Waals surface area contributed by atoms with Crippen molar-refractivity contribution in [3.8, 4) is 11.4 Å². The second-order valence-electron chi connectivity index (χ2n) is 23.7. The molecule has 0 saturated carbocycles. The number of esters is 2. The van der Waals surface area contributed by atoms with E-state index in [0.717, 1.165) is 70.5 Å². The standard InChI is InChI=1S/2C25H23F3N6.C14H22O8/c2*1-16-14-33(15-29-16)22-11-9-18(30-17(22)2)10-12-23-31-24-20(7-5-13-34(24)32-23)19-6-3-4-8-21(19)25(26,27)28;1-13(2,3)11(19)21-7(9(15)16)8(10(17)18)22-12(20)14(4,5)6/h2*3-4,6,8-12,14-15,20H,5,7,13H2,1-2H3;7-8H,1-6H3,(H,15,16)(H,17,18)/b2*12-10+;/t20-;;7-,8-/m0.0/s1. The molecular formula is C64H68F6N12O8. The highest BCUT2D eigenvalue weighted by molar-refractivity contribution is 5.89. The molecule has 1 unspecified atom stereocenters. The Morgan fingerprint density at radius 1 is 0.533 bits per heavy atom. The highest BCUT2D eigenvalue weighted by Gasteiger charge is 2.44. The Kier molecular flexibility index (Phi) is 19.9. The maximum atomic E-state index is 13.6. The Bertz CT molecular complexity index is 3720. The number of alkyl halides is 6. The third-order valence-corrected chi connectivity index (χ3v) is 14.5. The van der Waals surface area contributed by atoms with Crippen molar-refractivity contribution in [1.82, 2.24) is 58.6 Å². The number of aryl methyl sites for hydroxylation is 6. The molecule has 2 aromatic carbocycles. The predicted molar refractivity (Wildman–Crippen MR) is 319 cm³/mol. The molecule has 10 rings (SSSR count). The summed E-state index contributed by atoms with van der Waals surface area (Å²) in [6.45, 7) is 17.9. The summed E-state index contributed by atoms with van der Waals surface area (Å²) in [5.41, 5.74) is 4.12. The van der Waals surface area contributed by atoms with Gasteiger partial charge in [0.15, 0.2) is 11.6 Å². The van der Waals surface area contributed by atoms with Crippen LogP contribution in [0.2, 0.25) is 0 Å². The lowest BCUT2D eigenvalue weighted by Gasteiger charge is -2.26. The van der Waals surface area contributed by atoms with Crippen molar-refractivity contribution in [2.24, 2.45) is 10.8 Å². The summed E-state index contributed by atoms with van der Waals surface area (Å²) >= 11 is 0. The van der Waals surface area contributed by atoms with Gasteiger partial charge in [0.2, 0.25) is 12.2 Å². The zero-order chi connectivity index (χ0) is 65.6. The number of carboxylic acid groups (broad SMARTS) is 2. The number of rotatable bonds is 13. The minimum Gasteiger partial charge on any atom is -0.478 e. The number of hydrogen-bond donors (Lipinski definition) is 2. The summed E-state index contributed by atoms with van der Waals surface area (Å²) in [4.78, 5) is 72.9. The van der Waals surface area contributed by atoms with Gasteiger partial charge in [-0.05, 0) is 167 Å². The van der Waals surface area contributed by atoms with Crippen LogP contribution in [0.3, 0.4) is 0 Å². The number of imidazole rings is 2. The zero-order valence-corrected chi connectivity index (χ0v) is 51.1. The fourth-order valence-corrected chi connectivity index (χ4v) is 9.96. The van der Waals surface area contributed by atoms with Crippen LogP contribution in [-0.2, 0) is 54.1 Å². The Morgan fingerprint density at radius 3 is 1.21 bits per heavy atom. The van der Waals surface area contributed by atoms with E-state index in [9.17, 15) is 45.5 Å². The minimum atomic E-state index is -4.41. The number of fused-ring (bicyclic) bond motifs is 2. The van der Waals surface area contributed by atoms with Crippen molar-refractivity contribution >= 4 is 48.2 Å². The third kappa shape index (κ3) is 16.2. The number of nitrogens with zero attached hydrogens (tertiary/aromatic N) is 12. The molecule has 26 heteroatoms. The summed E-state index contributed by atoms with van der Waals surface area (Å²) in [5.74, 6) is -4.11. The van der Waals surface area contributed by atoms with Crippen LogP contribution < -0.4 is 0 Å². The highest BCUT2D eigenvalue weighted by Crippen LogP contribution is 2.42. The Labute approximate surface area is 514 Å². The molecule has 8 heterocycles. The van der Waals surface area contributed by atoms with Gasteiger partial charge in [-0.15, -0.1) is 0 Å². The summed E-state index contributed by atoms with van der Waals surface area (Å²) < 4.78 is 98.3. The van der Waals surface area contributed by atoms with E-state index in [1.165, 1.54) is 53.7 Å². The number of carbonyl (C=O) groups excluding carboxylic acids is 2. The lowest BCUT2D eigenvalue weighted by Crippen LogP contribution is -2.48. The van der Waals surface area contributed by atoms with E-state index in [0.29, 0.717) is 49.2 Å². The van der Waals surface area contributed by atoms with E-state index in [2.05, 4.69) is 40.1 Å². The quantitative estimate of drug-likeness (QED) is 0.0804. The maximum absolute atomic E-state index is 13.6. The second kappa shape index (κ2) is 27.0. The topological polar surface area (TPSA) is 250 Å². The van der Waals surface area contributed by atoms with Gasteiger partial charge in [-0.2, -0.15) is 36.5 Å². The molecule has 0 saturated heterocycles. The van der Waals surface area contributed by atoms with Crippen molar-refractivity contribution < 1.29 is 65.2 Å². The molecule has 2 aliphatic rings. The van der Waals surface area contributed by atoms with Crippen molar-refractivity contribution in [3.63, 3.8) is 0 Å². The second-order valence-corrected chi connectivity index (χ2v) is 23.7. The molecule has 4 atom stereocenters. The van der Waals surface area contributed by atoms with Crippen LogP contribution in [0.4, 0.5) is 26.3 Å². The third-order valence-electron chi connectivity index (χ3n) is 14.5. The molecular weight excluding hydrogens is 1180 g/mol. The molecule has 0 aliphatic carbocycles. The lowest BCUT2D eigenvalue weighted by atomic mass is 9.88. The first kappa shape index (κ1) is 66.3.